The highest BCUT2D eigenvalue weighted by Gasteiger charge is 2.29. The smallest absolute Gasteiger partial charge is 0.358 e. The van der Waals surface area contributed by atoms with E-state index in [1.54, 1.807) is 6.20 Å². The van der Waals surface area contributed by atoms with Crippen LogP contribution in [0.2, 0.25) is 0 Å². The molecule has 3 aromatic rings. The summed E-state index contributed by atoms with van der Waals surface area (Å²) < 4.78 is 37.6. The molecule has 0 aliphatic heterocycles. The highest BCUT2D eigenvalue weighted by atomic mass is 32.1. The molecule has 8 heteroatoms. The van der Waals surface area contributed by atoms with Crippen LogP contribution in [0.15, 0.2) is 48.7 Å². The Labute approximate surface area is 141 Å². The first-order chi connectivity index (χ1) is 11.4. The molecule has 1 heterocycles. The molecule has 2 aromatic carbocycles. The van der Waals surface area contributed by atoms with E-state index in [9.17, 15) is 13.2 Å². The summed E-state index contributed by atoms with van der Waals surface area (Å²) in [5, 5.41) is 14.1. The third-order valence-electron chi connectivity index (χ3n) is 3.47. The van der Waals surface area contributed by atoms with Crippen LogP contribution in [0.3, 0.4) is 0 Å². The van der Waals surface area contributed by atoms with E-state index in [-0.39, 0.29) is 0 Å². The standard InChI is InChI=1S/C16H13F3N4S/c17-16(18,19)12-4-6-13(7-5-12)22-15(24)20-8-10-2-1-3-11-9-21-23-14(10)11/h1-7,9H,8H2,(H,21,23)(H2,20,22,24). The molecule has 3 rings (SSSR count). The van der Waals surface area contributed by atoms with E-state index < -0.39 is 11.7 Å². The fourth-order valence-corrected chi connectivity index (χ4v) is 2.46. The Morgan fingerprint density at radius 2 is 1.88 bits per heavy atom. The Hall–Kier alpha value is -2.61. The lowest BCUT2D eigenvalue weighted by Crippen LogP contribution is -2.28. The molecule has 0 spiro atoms. The van der Waals surface area contributed by atoms with E-state index in [4.69, 9.17) is 12.2 Å². The van der Waals surface area contributed by atoms with Crippen LogP contribution in [0.4, 0.5) is 18.9 Å². The van der Waals surface area contributed by atoms with Gasteiger partial charge in [-0.1, -0.05) is 18.2 Å². The van der Waals surface area contributed by atoms with Gasteiger partial charge in [0.25, 0.3) is 0 Å². The van der Waals surface area contributed by atoms with Crippen LogP contribution in [-0.2, 0) is 12.7 Å². The van der Waals surface area contributed by atoms with Crippen LogP contribution in [0, 0.1) is 0 Å². The van der Waals surface area contributed by atoms with Gasteiger partial charge in [0.1, 0.15) is 0 Å². The molecule has 0 radical (unpaired) electrons. The molecule has 4 nitrogen and oxygen atoms in total. The lowest BCUT2D eigenvalue weighted by atomic mass is 10.1. The maximum Gasteiger partial charge on any atom is 0.416 e. The Morgan fingerprint density at radius 3 is 2.58 bits per heavy atom. The molecule has 0 amide bonds. The van der Waals surface area contributed by atoms with Crippen molar-refractivity contribution in [2.75, 3.05) is 5.32 Å². The number of rotatable bonds is 3. The van der Waals surface area contributed by atoms with Gasteiger partial charge in [-0.05, 0) is 42.0 Å². The molecule has 24 heavy (non-hydrogen) atoms. The van der Waals surface area contributed by atoms with Crippen molar-refractivity contribution in [1.29, 1.82) is 0 Å². The molecular weight excluding hydrogens is 337 g/mol. The van der Waals surface area contributed by atoms with Crippen molar-refractivity contribution >= 4 is 33.9 Å². The topological polar surface area (TPSA) is 52.7 Å². The molecule has 0 aliphatic carbocycles. The largest absolute Gasteiger partial charge is 0.416 e. The molecule has 124 valence electrons. The Kier molecular flexibility index (Phi) is 4.39. The summed E-state index contributed by atoms with van der Waals surface area (Å²) in [6, 6.07) is 10.5. The van der Waals surface area contributed by atoms with Crippen molar-refractivity contribution in [3.63, 3.8) is 0 Å². The molecule has 0 fully saturated rings. The number of anilines is 1. The Bertz CT molecular complexity index is 856. The van der Waals surface area contributed by atoms with Crippen LogP contribution >= 0.6 is 12.2 Å². The minimum absolute atomic E-state index is 0.325. The summed E-state index contributed by atoms with van der Waals surface area (Å²) in [6.45, 7) is 0.464. The minimum atomic E-state index is -4.35. The number of H-pyrrole nitrogens is 1. The predicted octanol–water partition coefficient (Wildman–Crippen LogP) is 4.07. The average Bonchev–Trinajstić information content (AvgIpc) is 3.01. The molecule has 0 aliphatic rings. The van der Waals surface area contributed by atoms with Crippen LogP contribution in [0.25, 0.3) is 10.9 Å². The molecule has 0 atom stereocenters. The normalized spacial score (nSPS) is 11.5. The van der Waals surface area contributed by atoms with Gasteiger partial charge >= 0.3 is 6.18 Å². The van der Waals surface area contributed by atoms with Gasteiger partial charge < -0.3 is 10.6 Å². The monoisotopic (exact) mass is 350 g/mol. The number of nitrogens with zero attached hydrogens (tertiary/aromatic N) is 1. The molecule has 0 unspecified atom stereocenters. The summed E-state index contributed by atoms with van der Waals surface area (Å²) >= 11 is 5.17. The van der Waals surface area contributed by atoms with E-state index in [1.807, 2.05) is 18.2 Å². The van der Waals surface area contributed by atoms with Gasteiger partial charge in [0.2, 0.25) is 0 Å². The number of fused-ring (bicyclic) bond motifs is 1. The molecule has 3 N–H and O–H groups in total. The Balaban J connectivity index is 1.61. The van der Waals surface area contributed by atoms with Crippen LogP contribution in [0.1, 0.15) is 11.1 Å². The Morgan fingerprint density at radius 1 is 1.12 bits per heavy atom. The summed E-state index contributed by atoms with van der Waals surface area (Å²) in [6.07, 6.45) is -2.61. The number of alkyl halides is 3. The first kappa shape index (κ1) is 16.3. The number of halogens is 3. The van der Waals surface area contributed by atoms with Gasteiger partial charge in [0, 0.05) is 17.6 Å². The van der Waals surface area contributed by atoms with E-state index >= 15 is 0 Å². The number of thiocarbonyl (C=S) groups is 1. The maximum absolute atomic E-state index is 12.5. The van der Waals surface area contributed by atoms with E-state index in [2.05, 4.69) is 20.8 Å². The van der Waals surface area contributed by atoms with E-state index in [0.29, 0.717) is 17.3 Å². The molecule has 1 aromatic heterocycles. The quantitative estimate of drug-likeness (QED) is 0.624. The lowest BCUT2D eigenvalue weighted by molar-refractivity contribution is -0.137. The fraction of sp³-hybridized carbons (Fsp3) is 0.125. The SMILES string of the molecule is FC(F)(F)c1ccc(NC(=S)NCc2cccc3cn[nH]c23)cc1. The van der Waals surface area contributed by atoms with Crippen molar-refractivity contribution in [2.24, 2.45) is 0 Å². The van der Waals surface area contributed by atoms with Gasteiger partial charge in [-0.25, -0.2) is 0 Å². The molecule has 0 saturated carbocycles. The van der Waals surface area contributed by atoms with Crippen LogP contribution < -0.4 is 10.6 Å². The summed E-state index contributed by atoms with van der Waals surface area (Å²) in [7, 11) is 0. The van der Waals surface area contributed by atoms with Crippen molar-refractivity contribution in [2.45, 2.75) is 12.7 Å². The van der Waals surface area contributed by atoms with Crippen molar-refractivity contribution in [3.8, 4) is 0 Å². The number of hydrogen-bond donors (Lipinski definition) is 3. The average molecular weight is 350 g/mol. The first-order valence-electron chi connectivity index (χ1n) is 7.06. The first-order valence-corrected chi connectivity index (χ1v) is 7.47. The molecule has 0 saturated heterocycles. The number of hydrogen-bond acceptors (Lipinski definition) is 2. The maximum atomic E-state index is 12.5. The second-order valence-electron chi connectivity index (χ2n) is 5.13. The number of aromatic amines is 1. The van der Waals surface area contributed by atoms with E-state index in [1.165, 1.54) is 12.1 Å². The van der Waals surface area contributed by atoms with Gasteiger partial charge in [-0.2, -0.15) is 18.3 Å². The predicted molar refractivity (Wildman–Crippen MR) is 90.6 cm³/mol. The van der Waals surface area contributed by atoms with Gasteiger partial charge in [0.05, 0.1) is 17.3 Å². The number of nitrogens with one attached hydrogen (secondary N) is 3. The van der Waals surface area contributed by atoms with Crippen molar-refractivity contribution in [3.05, 3.63) is 59.8 Å². The van der Waals surface area contributed by atoms with Crippen LogP contribution in [0.5, 0.6) is 0 Å². The number of benzene rings is 2. The zero-order valence-electron chi connectivity index (χ0n) is 12.3. The fourth-order valence-electron chi connectivity index (χ4n) is 2.27. The van der Waals surface area contributed by atoms with E-state index in [0.717, 1.165) is 28.6 Å². The second-order valence-corrected chi connectivity index (χ2v) is 5.54. The molecule has 0 bridgehead atoms. The third-order valence-corrected chi connectivity index (χ3v) is 3.72. The molecular formula is C16H13F3N4S. The third kappa shape index (κ3) is 3.65. The minimum Gasteiger partial charge on any atom is -0.358 e. The van der Waals surface area contributed by atoms with Crippen molar-refractivity contribution < 1.29 is 13.2 Å². The highest BCUT2D eigenvalue weighted by molar-refractivity contribution is 7.80. The van der Waals surface area contributed by atoms with Gasteiger partial charge in [-0.15, -0.1) is 0 Å². The summed E-state index contributed by atoms with van der Waals surface area (Å²) in [4.78, 5) is 0. The highest BCUT2D eigenvalue weighted by Crippen LogP contribution is 2.29. The zero-order valence-corrected chi connectivity index (χ0v) is 13.1. The second kappa shape index (κ2) is 6.48. The van der Waals surface area contributed by atoms with Crippen molar-refractivity contribution in [1.82, 2.24) is 15.5 Å². The van der Waals surface area contributed by atoms with Crippen LogP contribution in [-0.4, -0.2) is 15.3 Å². The number of para-hydroxylation sites is 1. The van der Waals surface area contributed by atoms with Gasteiger partial charge in [0.15, 0.2) is 5.11 Å². The zero-order chi connectivity index (χ0) is 17.2. The van der Waals surface area contributed by atoms with Gasteiger partial charge in [-0.3, -0.25) is 5.10 Å². The lowest BCUT2D eigenvalue weighted by Gasteiger charge is -2.12. The summed E-state index contributed by atoms with van der Waals surface area (Å²) in [5.41, 5.74) is 1.70. The summed E-state index contributed by atoms with van der Waals surface area (Å²) in [5.74, 6) is 0. The number of aromatic nitrogens is 2.